The van der Waals surface area contributed by atoms with Crippen molar-refractivity contribution in [1.82, 2.24) is 4.98 Å². The van der Waals surface area contributed by atoms with E-state index in [-0.39, 0.29) is 12.5 Å². The average molecular weight is 245 g/mol. The summed E-state index contributed by atoms with van der Waals surface area (Å²) in [6.07, 6.45) is 1.69. The number of fused-ring (bicyclic) bond motifs is 1. The lowest BCUT2D eigenvalue weighted by Gasteiger charge is -2.27. The van der Waals surface area contributed by atoms with Crippen LogP contribution in [0.5, 0.6) is 5.75 Å². The molecule has 0 aliphatic rings. The van der Waals surface area contributed by atoms with Crippen molar-refractivity contribution in [2.45, 2.75) is 26.4 Å². The van der Waals surface area contributed by atoms with Crippen molar-refractivity contribution < 1.29 is 9.84 Å². The fourth-order valence-corrected chi connectivity index (χ4v) is 1.53. The molecule has 0 amide bonds. The van der Waals surface area contributed by atoms with Crippen molar-refractivity contribution in [3.05, 3.63) is 36.5 Å². The molecule has 0 fully saturated rings. The Kier molecular flexibility index (Phi) is 3.53. The molecule has 1 atom stereocenters. The summed E-state index contributed by atoms with van der Waals surface area (Å²) in [6, 6.07) is 9.83. The second-order valence-corrected chi connectivity index (χ2v) is 5.16. The zero-order valence-electron chi connectivity index (χ0n) is 11.1. The van der Waals surface area contributed by atoms with Gasteiger partial charge in [0.25, 0.3) is 0 Å². The number of benzene rings is 1. The molecule has 0 radical (unpaired) electrons. The largest absolute Gasteiger partial charge is 0.489 e. The molecule has 1 heterocycles. The van der Waals surface area contributed by atoms with E-state index in [4.69, 9.17) is 4.74 Å². The molecule has 1 unspecified atom stereocenters. The van der Waals surface area contributed by atoms with Crippen LogP contribution in [0.15, 0.2) is 36.5 Å². The van der Waals surface area contributed by atoms with E-state index in [1.54, 1.807) is 13.1 Å². The van der Waals surface area contributed by atoms with E-state index in [1.165, 1.54) is 0 Å². The molecule has 2 aromatic rings. The van der Waals surface area contributed by atoms with Gasteiger partial charge in [0.2, 0.25) is 0 Å². The number of ether oxygens (including phenoxy) is 1. The number of rotatable bonds is 4. The average Bonchev–Trinajstić information content (AvgIpc) is 2.36. The van der Waals surface area contributed by atoms with E-state index in [0.717, 1.165) is 10.9 Å². The second kappa shape index (κ2) is 4.94. The summed E-state index contributed by atoms with van der Waals surface area (Å²) in [7, 11) is 0. The van der Waals surface area contributed by atoms with E-state index >= 15 is 0 Å². The normalized spacial score (nSPS) is 14.7. The van der Waals surface area contributed by atoms with Crippen molar-refractivity contribution in [2.24, 2.45) is 5.92 Å². The minimum atomic E-state index is -0.828. The number of aromatic nitrogens is 1. The Hall–Kier alpha value is -1.61. The summed E-state index contributed by atoms with van der Waals surface area (Å²) in [5, 5.41) is 11.2. The summed E-state index contributed by atoms with van der Waals surface area (Å²) >= 11 is 0. The molecule has 3 nitrogen and oxygen atoms in total. The molecule has 0 aliphatic heterocycles. The zero-order chi connectivity index (χ0) is 13.2. The van der Waals surface area contributed by atoms with Gasteiger partial charge in [0.15, 0.2) is 0 Å². The smallest absolute Gasteiger partial charge is 0.138 e. The van der Waals surface area contributed by atoms with Crippen molar-refractivity contribution in [1.29, 1.82) is 0 Å². The lowest BCUT2D eigenvalue weighted by atomic mass is 9.94. The van der Waals surface area contributed by atoms with Crippen LogP contribution in [0.2, 0.25) is 0 Å². The Morgan fingerprint density at radius 3 is 2.78 bits per heavy atom. The second-order valence-electron chi connectivity index (χ2n) is 5.16. The van der Waals surface area contributed by atoms with Gasteiger partial charge in [0.05, 0.1) is 17.3 Å². The van der Waals surface area contributed by atoms with Crippen LogP contribution in [0.1, 0.15) is 20.8 Å². The summed E-state index contributed by atoms with van der Waals surface area (Å²) in [6.45, 7) is 6.00. The van der Waals surface area contributed by atoms with Crippen LogP contribution in [-0.4, -0.2) is 22.3 Å². The molecule has 96 valence electrons. The Morgan fingerprint density at radius 1 is 1.33 bits per heavy atom. The van der Waals surface area contributed by atoms with Gasteiger partial charge in [-0.3, -0.25) is 4.98 Å². The van der Waals surface area contributed by atoms with Crippen LogP contribution in [0.25, 0.3) is 10.9 Å². The lowest BCUT2D eigenvalue weighted by molar-refractivity contribution is -0.0266. The maximum Gasteiger partial charge on any atom is 0.138 e. The summed E-state index contributed by atoms with van der Waals surface area (Å²) in [5.74, 6) is 0.834. The fraction of sp³-hybridized carbons (Fsp3) is 0.400. The molecular weight excluding hydrogens is 226 g/mol. The predicted molar refractivity (Wildman–Crippen MR) is 72.7 cm³/mol. The number of pyridine rings is 1. The van der Waals surface area contributed by atoms with Crippen LogP contribution in [0, 0.1) is 5.92 Å². The standard InChI is InChI=1S/C15H19NO2/c1-11(2)15(3,17)10-18-13-8-12-6-4-5-7-14(12)16-9-13/h4-9,11,17H,10H2,1-3H3. The first-order chi connectivity index (χ1) is 8.49. The van der Waals surface area contributed by atoms with Gasteiger partial charge in [0.1, 0.15) is 12.4 Å². The van der Waals surface area contributed by atoms with Gasteiger partial charge in [-0.05, 0) is 25.0 Å². The highest BCUT2D eigenvalue weighted by Gasteiger charge is 2.25. The minimum absolute atomic E-state index is 0.144. The first-order valence-electron chi connectivity index (χ1n) is 6.19. The molecule has 0 aliphatic carbocycles. The van der Waals surface area contributed by atoms with Crippen molar-refractivity contribution in [3.8, 4) is 5.75 Å². The van der Waals surface area contributed by atoms with Gasteiger partial charge >= 0.3 is 0 Å². The van der Waals surface area contributed by atoms with Crippen LogP contribution in [0.3, 0.4) is 0 Å². The molecular formula is C15H19NO2. The predicted octanol–water partition coefficient (Wildman–Crippen LogP) is 3.02. The summed E-state index contributed by atoms with van der Waals surface area (Å²) < 4.78 is 5.63. The fourth-order valence-electron chi connectivity index (χ4n) is 1.53. The molecule has 3 heteroatoms. The van der Waals surface area contributed by atoms with Gasteiger partial charge in [0, 0.05) is 5.39 Å². The minimum Gasteiger partial charge on any atom is -0.489 e. The van der Waals surface area contributed by atoms with Crippen LogP contribution in [0.4, 0.5) is 0 Å². The van der Waals surface area contributed by atoms with E-state index < -0.39 is 5.60 Å². The van der Waals surface area contributed by atoms with Crippen LogP contribution < -0.4 is 4.74 Å². The van der Waals surface area contributed by atoms with E-state index in [2.05, 4.69) is 4.98 Å². The molecule has 1 aromatic carbocycles. The third-order valence-electron chi connectivity index (χ3n) is 3.34. The van der Waals surface area contributed by atoms with Gasteiger partial charge in [-0.25, -0.2) is 0 Å². The van der Waals surface area contributed by atoms with Crippen LogP contribution >= 0.6 is 0 Å². The Labute approximate surface area is 107 Å². The van der Waals surface area contributed by atoms with Gasteiger partial charge in [-0.1, -0.05) is 32.0 Å². The summed E-state index contributed by atoms with van der Waals surface area (Å²) in [4.78, 5) is 4.32. The molecule has 0 saturated heterocycles. The SMILES string of the molecule is CC(C)C(C)(O)COc1cnc2ccccc2c1. The third-order valence-corrected chi connectivity index (χ3v) is 3.34. The molecule has 2 rings (SSSR count). The molecule has 0 saturated carbocycles. The van der Waals surface area contributed by atoms with E-state index in [1.807, 2.05) is 44.2 Å². The Bertz CT molecular complexity index is 535. The Morgan fingerprint density at radius 2 is 2.06 bits per heavy atom. The lowest BCUT2D eigenvalue weighted by Crippen LogP contribution is -2.37. The van der Waals surface area contributed by atoms with Crippen molar-refractivity contribution in [2.75, 3.05) is 6.61 Å². The molecule has 18 heavy (non-hydrogen) atoms. The molecule has 0 spiro atoms. The maximum absolute atomic E-state index is 10.1. The third kappa shape index (κ3) is 2.79. The Balaban J connectivity index is 2.13. The first-order valence-corrected chi connectivity index (χ1v) is 6.19. The highest BCUT2D eigenvalue weighted by Crippen LogP contribution is 2.21. The number of aliphatic hydroxyl groups is 1. The van der Waals surface area contributed by atoms with Crippen LogP contribution in [-0.2, 0) is 0 Å². The topological polar surface area (TPSA) is 42.4 Å². The van der Waals surface area contributed by atoms with Gasteiger partial charge in [-0.15, -0.1) is 0 Å². The number of hydrogen-bond acceptors (Lipinski definition) is 3. The number of nitrogens with zero attached hydrogens (tertiary/aromatic N) is 1. The van der Waals surface area contributed by atoms with E-state index in [0.29, 0.717) is 5.75 Å². The highest BCUT2D eigenvalue weighted by atomic mass is 16.5. The first kappa shape index (κ1) is 12.8. The van der Waals surface area contributed by atoms with E-state index in [9.17, 15) is 5.11 Å². The zero-order valence-corrected chi connectivity index (χ0v) is 11.1. The quantitative estimate of drug-likeness (QED) is 0.900. The number of hydrogen-bond donors (Lipinski definition) is 1. The van der Waals surface area contributed by atoms with Gasteiger partial charge in [-0.2, -0.15) is 0 Å². The van der Waals surface area contributed by atoms with Crippen molar-refractivity contribution in [3.63, 3.8) is 0 Å². The van der Waals surface area contributed by atoms with Gasteiger partial charge < -0.3 is 9.84 Å². The molecule has 1 N–H and O–H groups in total. The maximum atomic E-state index is 10.1. The molecule has 1 aromatic heterocycles. The number of para-hydroxylation sites is 1. The highest BCUT2D eigenvalue weighted by molar-refractivity contribution is 5.79. The molecule has 0 bridgehead atoms. The summed E-state index contributed by atoms with van der Waals surface area (Å²) in [5.41, 5.74) is 0.117. The van der Waals surface area contributed by atoms with Crippen molar-refractivity contribution >= 4 is 10.9 Å². The monoisotopic (exact) mass is 245 g/mol.